The van der Waals surface area contributed by atoms with Crippen LogP contribution >= 0.6 is 0 Å². The molecule has 0 radical (unpaired) electrons. The summed E-state index contributed by atoms with van der Waals surface area (Å²) in [5, 5.41) is 12.4. The van der Waals surface area contributed by atoms with Gasteiger partial charge in [0.2, 0.25) is 5.91 Å². The maximum atomic E-state index is 12.1. The zero-order chi connectivity index (χ0) is 21.8. The van der Waals surface area contributed by atoms with Gasteiger partial charge in [0, 0.05) is 36.8 Å². The summed E-state index contributed by atoms with van der Waals surface area (Å²) in [6.07, 6.45) is 3.76. The lowest BCUT2D eigenvalue weighted by molar-refractivity contribution is -0.121. The lowest BCUT2D eigenvalue weighted by Crippen LogP contribution is -2.31. The van der Waals surface area contributed by atoms with Crippen molar-refractivity contribution in [3.05, 3.63) is 83.8 Å². The highest BCUT2D eigenvalue weighted by molar-refractivity contribution is 5.78. The zero-order valence-corrected chi connectivity index (χ0v) is 17.6. The number of hydrogen-bond acceptors (Lipinski definition) is 6. The smallest absolute Gasteiger partial charge is 0.241 e. The summed E-state index contributed by atoms with van der Waals surface area (Å²) in [5.41, 5.74) is 3.99. The van der Waals surface area contributed by atoms with Crippen LogP contribution in [0.5, 0.6) is 5.75 Å². The van der Waals surface area contributed by atoms with Gasteiger partial charge in [-0.05, 0) is 23.8 Å². The first kappa shape index (κ1) is 20.1. The van der Waals surface area contributed by atoms with E-state index in [4.69, 9.17) is 4.74 Å². The standard InChI is InChI=1S/C24H24N6O2/c31-24-17-30-16-21(27-28-30)15-29(13-18-11-19-5-1-3-7-22(19)26-12-18)14-20-6-2-4-8-23(20)32-10-9-25-24/h1-8,11-12,16H,9-10,13-15,17H2,(H,25,31). The van der Waals surface area contributed by atoms with Crippen LogP contribution in [0, 0.1) is 0 Å². The molecular formula is C24H24N6O2. The SMILES string of the molecule is O=C1Cn2cc(nn2)CN(Cc2cnc3ccccc3c2)Cc2ccccc2OCCN1. The highest BCUT2D eigenvalue weighted by Gasteiger charge is 2.15. The average molecular weight is 428 g/mol. The third-order valence-electron chi connectivity index (χ3n) is 5.38. The predicted molar refractivity (Wildman–Crippen MR) is 120 cm³/mol. The number of nitrogens with zero attached hydrogens (tertiary/aromatic N) is 5. The maximum absolute atomic E-state index is 12.1. The molecule has 1 aliphatic heterocycles. The number of para-hydroxylation sites is 2. The Balaban J connectivity index is 1.46. The fourth-order valence-electron chi connectivity index (χ4n) is 3.92. The van der Waals surface area contributed by atoms with Crippen LogP contribution < -0.4 is 10.1 Å². The summed E-state index contributed by atoms with van der Waals surface area (Å²) < 4.78 is 7.55. The molecule has 3 heterocycles. The highest BCUT2D eigenvalue weighted by Crippen LogP contribution is 2.23. The summed E-state index contributed by atoms with van der Waals surface area (Å²) in [6, 6.07) is 18.3. The van der Waals surface area contributed by atoms with Crippen LogP contribution in [-0.2, 0) is 31.0 Å². The number of fused-ring (bicyclic) bond motifs is 4. The van der Waals surface area contributed by atoms with Crippen LogP contribution in [0.3, 0.4) is 0 Å². The van der Waals surface area contributed by atoms with E-state index in [0.717, 1.165) is 33.5 Å². The molecule has 2 aromatic heterocycles. The molecule has 0 atom stereocenters. The Kier molecular flexibility index (Phi) is 5.76. The molecule has 5 rings (SSSR count). The van der Waals surface area contributed by atoms with Gasteiger partial charge in [0.1, 0.15) is 18.9 Å². The third kappa shape index (κ3) is 4.76. The number of ether oxygens (including phenoxy) is 1. The van der Waals surface area contributed by atoms with Crippen LogP contribution in [-0.4, -0.2) is 43.9 Å². The second kappa shape index (κ2) is 9.15. The van der Waals surface area contributed by atoms with Crippen molar-refractivity contribution in [2.24, 2.45) is 0 Å². The van der Waals surface area contributed by atoms with Crippen molar-refractivity contribution in [3.8, 4) is 5.75 Å². The fraction of sp³-hybridized carbons (Fsp3) is 0.250. The number of nitrogens with one attached hydrogen (secondary N) is 1. The number of benzene rings is 2. The molecule has 2 bridgehead atoms. The maximum Gasteiger partial charge on any atom is 0.241 e. The number of amides is 1. The predicted octanol–water partition coefficient (Wildman–Crippen LogP) is 2.54. The molecule has 2 aromatic carbocycles. The first-order valence-corrected chi connectivity index (χ1v) is 10.7. The van der Waals surface area contributed by atoms with E-state index in [2.05, 4.69) is 43.7 Å². The molecule has 162 valence electrons. The van der Waals surface area contributed by atoms with Gasteiger partial charge >= 0.3 is 0 Å². The quantitative estimate of drug-likeness (QED) is 0.528. The van der Waals surface area contributed by atoms with Crippen LogP contribution in [0.1, 0.15) is 16.8 Å². The molecule has 0 saturated heterocycles. The third-order valence-corrected chi connectivity index (χ3v) is 5.38. The molecule has 8 nitrogen and oxygen atoms in total. The van der Waals surface area contributed by atoms with E-state index in [1.54, 1.807) is 4.68 Å². The van der Waals surface area contributed by atoms with Gasteiger partial charge in [-0.3, -0.25) is 14.7 Å². The molecule has 4 aromatic rings. The van der Waals surface area contributed by atoms with Gasteiger partial charge in [0.05, 0.1) is 24.0 Å². The van der Waals surface area contributed by atoms with Crippen LogP contribution in [0.4, 0.5) is 0 Å². The minimum atomic E-state index is -0.116. The first-order valence-electron chi connectivity index (χ1n) is 10.7. The van der Waals surface area contributed by atoms with Crippen molar-refractivity contribution in [2.75, 3.05) is 13.2 Å². The number of hydrogen-bond donors (Lipinski definition) is 1. The van der Waals surface area contributed by atoms with Gasteiger partial charge in [-0.2, -0.15) is 0 Å². The Bertz CT molecular complexity index is 1240. The van der Waals surface area contributed by atoms with Crippen molar-refractivity contribution in [1.82, 2.24) is 30.2 Å². The second-order valence-electron chi connectivity index (χ2n) is 7.90. The number of rotatable bonds is 2. The fourth-order valence-corrected chi connectivity index (χ4v) is 3.92. The van der Waals surface area contributed by atoms with Gasteiger partial charge in [-0.15, -0.1) is 5.10 Å². The van der Waals surface area contributed by atoms with Crippen molar-refractivity contribution >= 4 is 16.8 Å². The Morgan fingerprint density at radius 3 is 2.88 bits per heavy atom. The largest absolute Gasteiger partial charge is 0.491 e. The highest BCUT2D eigenvalue weighted by atomic mass is 16.5. The molecule has 0 saturated carbocycles. The van der Waals surface area contributed by atoms with Crippen molar-refractivity contribution in [1.29, 1.82) is 0 Å². The Hall–Kier alpha value is -3.78. The van der Waals surface area contributed by atoms with E-state index in [1.165, 1.54) is 0 Å². The molecule has 1 aliphatic rings. The number of pyridine rings is 1. The van der Waals surface area contributed by atoms with Crippen LogP contribution in [0.15, 0.2) is 67.0 Å². The average Bonchev–Trinajstić information content (AvgIpc) is 3.23. The lowest BCUT2D eigenvalue weighted by Gasteiger charge is -2.23. The summed E-state index contributed by atoms with van der Waals surface area (Å²) in [4.78, 5) is 19.0. The van der Waals surface area contributed by atoms with E-state index in [9.17, 15) is 4.79 Å². The van der Waals surface area contributed by atoms with E-state index < -0.39 is 0 Å². The summed E-state index contributed by atoms with van der Waals surface area (Å²) in [5.74, 6) is 0.707. The molecule has 0 unspecified atom stereocenters. The Labute approximate surface area is 185 Å². The van der Waals surface area contributed by atoms with E-state index in [0.29, 0.717) is 32.8 Å². The van der Waals surface area contributed by atoms with Gasteiger partial charge in [-0.1, -0.05) is 41.6 Å². The van der Waals surface area contributed by atoms with Gasteiger partial charge < -0.3 is 10.1 Å². The number of aromatic nitrogens is 4. The molecule has 0 spiro atoms. The number of carbonyl (C=O) groups is 1. The molecular weight excluding hydrogens is 404 g/mol. The van der Waals surface area contributed by atoms with E-state index in [1.807, 2.05) is 48.8 Å². The normalized spacial score (nSPS) is 15.4. The zero-order valence-electron chi connectivity index (χ0n) is 17.6. The summed E-state index contributed by atoms with van der Waals surface area (Å²) in [7, 11) is 0. The van der Waals surface area contributed by atoms with Crippen LogP contribution in [0.2, 0.25) is 0 Å². The van der Waals surface area contributed by atoms with Gasteiger partial charge in [0.15, 0.2) is 0 Å². The molecule has 32 heavy (non-hydrogen) atoms. The molecule has 1 N–H and O–H groups in total. The Morgan fingerprint density at radius 2 is 1.91 bits per heavy atom. The molecule has 0 fully saturated rings. The monoisotopic (exact) mass is 428 g/mol. The molecule has 1 amide bonds. The summed E-state index contributed by atoms with van der Waals surface area (Å²) >= 11 is 0. The Morgan fingerprint density at radius 1 is 1.03 bits per heavy atom. The lowest BCUT2D eigenvalue weighted by atomic mass is 10.1. The number of carbonyl (C=O) groups excluding carboxylic acids is 1. The topological polar surface area (TPSA) is 85.2 Å². The van der Waals surface area contributed by atoms with E-state index >= 15 is 0 Å². The van der Waals surface area contributed by atoms with Crippen molar-refractivity contribution in [2.45, 2.75) is 26.2 Å². The molecule has 0 aliphatic carbocycles. The van der Waals surface area contributed by atoms with Gasteiger partial charge in [-0.25, -0.2) is 4.68 Å². The first-order chi connectivity index (χ1) is 15.7. The minimum Gasteiger partial charge on any atom is -0.491 e. The van der Waals surface area contributed by atoms with E-state index in [-0.39, 0.29) is 12.5 Å². The van der Waals surface area contributed by atoms with Crippen molar-refractivity contribution in [3.63, 3.8) is 0 Å². The second-order valence-corrected chi connectivity index (χ2v) is 7.90. The summed E-state index contributed by atoms with van der Waals surface area (Å²) in [6.45, 7) is 2.93. The minimum absolute atomic E-state index is 0.116. The van der Waals surface area contributed by atoms with Crippen LogP contribution in [0.25, 0.3) is 10.9 Å². The van der Waals surface area contributed by atoms with Gasteiger partial charge in [0.25, 0.3) is 0 Å². The van der Waals surface area contributed by atoms with Crippen molar-refractivity contribution < 1.29 is 9.53 Å². The molecule has 8 heteroatoms.